The van der Waals surface area contributed by atoms with Gasteiger partial charge in [-0.25, -0.2) is 0 Å². The van der Waals surface area contributed by atoms with Crippen LogP contribution in [0, 0.1) is 0 Å². The van der Waals surface area contributed by atoms with Crippen molar-refractivity contribution in [3.63, 3.8) is 0 Å². The molecule has 0 fully saturated rings. The molecule has 2 rings (SSSR count). The molecule has 0 aromatic carbocycles. The lowest BCUT2D eigenvalue weighted by Crippen LogP contribution is -2.08. The summed E-state index contributed by atoms with van der Waals surface area (Å²) < 4.78 is 7.13. The molecular weight excluding hydrogens is 345 g/mol. The van der Waals surface area contributed by atoms with Crippen LogP contribution in [0.25, 0.3) is 0 Å². The molecule has 0 amide bonds. The van der Waals surface area contributed by atoms with E-state index in [1.807, 2.05) is 16.7 Å². The summed E-state index contributed by atoms with van der Waals surface area (Å²) in [4.78, 5) is 4.30. The van der Waals surface area contributed by atoms with E-state index in [4.69, 9.17) is 10.5 Å². The number of aromatic nitrogens is 4. The molecule has 2 heterocycles. The summed E-state index contributed by atoms with van der Waals surface area (Å²) in [6.45, 7) is 4.74. The maximum absolute atomic E-state index is 5.64. The van der Waals surface area contributed by atoms with Crippen molar-refractivity contribution < 1.29 is 4.74 Å². The molecule has 0 atom stereocenters. The number of methoxy groups -OCH3 is 1. The minimum Gasteiger partial charge on any atom is -0.497 e. The Labute approximate surface area is 146 Å². The summed E-state index contributed by atoms with van der Waals surface area (Å²) >= 11 is 1.56. The van der Waals surface area contributed by atoms with Crippen molar-refractivity contribution in [1.29, 1.82) is 0 Å². The molecule has 9 heteroatoms. The summed E-state index contributed by atoms with van der Waals surface area (Å²) in [5.74, 6) is 2.24. The van der Waals surface area contributed by atoms with Crippen LogP contribution in [0.3, 0.4) is 0 Å². The van der Waals surface area contributed by atoms with Gasteiger partial charge in [-0.2, -0.15) is 0 Å². The predicted octanol–water partition coefficient (Wildman–Crippen LogP) is 2.46. The Morgan fingerprint density at radius 1 is 1.41 bits per heavy atom. The Morgan fingerprint density at radius 2 is 2.18 bits per heavy atom. The second-order valence-corrected chi connectivity index (χ2v) is 4.92. The highest BCUT2D eigenvalue weighted by atomic mass is 35.5. The zero-order valence-corrected chi connectivity index (χ0v) is 14.6. The third-order valence-electron chi connectivity index (χ3n) is 2.66. The van der Waals surface area contributed by atoms with Gasteiger partial charge in [-0.1, -0.05) is 17.8 Å². The van der Waals surface area contributed by atoms with Crippen LogP contribution in [0.15, 0.2) is 36.1 Å². The third kappa shape index (κ3) is 5.17. The fourth-order valence-corrected chi connectivity index (χ4v) is 2.56. The second-order valence-electron chi connectivity index (χ2n) is 3.98. The minimum absolute atomic E-state index is 0. The van der Waals surface area contributed by atoms with Gasteiger partial charge in [-0.15, -0.1) is 41.6 Å². The molecule has 0 aliphatic carbocycles. The Balaban J connectivity index is 0.00000220. The molecule has 0 radical (unpaired) electrons. The Morgan fingerprint density at radius 3 is 2.82 bits per heavy atom. The Kier molecular flexibility index (Phi) is 9.84. The molecule has 2 aromatic rings. The van der Waals surface area contributed by atoms with Gasteiger partial charge < -0.3 is 15.0 Å². The van der Waals surface area contributed by atoms with Crippen LogP contribution in [-0.2, 0) is 18.8 Å². The zero-order chi connectivity index (χ0) is 14.4. The molecule has 22 heavy (non-hydrogen) atoms. The SMILES string of the molecule is C=CCn1c(CN)nnc1SCc1cc(OC)ccn1.Cl.Cl. The van der Waals surface area contributed by atoms with E-state index in [2.05, 4.69) is 21.8 Å². The maximum atomic E-state index is 5.64. The largest absolute Gasteiger partial charge is 0.497 e. The van der Waals surface area contributed by atoms with E-state index in [1.54, 1.807) is 31.1 Å². The lowest BCUT2D eigenvalue weighted by atomic mass is 10.3. The first kappa shape index (κ1) is 20.7. The number of nitrogens with two attached hydrogens (primary N) is 1. The van der Waals surface area contributed by atoms with Crippen LogP contribution in [0.2, 0.25) is 0 Å². The molecule has 2 aromatic heterocycles. The number of nitrogens with zero attached hydrogens (tertiary/aromatic N) is 4. The minimum atomic E-state index is 0. The molecule has 0 saturated heterocycles. The fraction of sp³-hybridized carbons (Fsp3) is 0.308. The lowest BCUT2D eigenvalue weighted by Gasteiger charge is -2.06. The van der Waals surface area contributed by atoms with Gasteiger partial charge in [0.15, 0.2) is 5.16 Å². The van der Waals surface area contributed by atoms with Crippen molar-refractivity contribution in [3.05, 3.63) is 42.5 Å². The van der Waals surface area contributed by atoms with Crippen LogP contribution in [0.4, 0.5) is 0 Å². The number of rotatable bonds is 7. The Bertz CT molecular complexity index is 594. The maximum Gasteiger partial charge on any atom is 0.191 e. The summed E-state index contributed by atoms with van der Waals surface area (Å²) in [6.07, 6.45) is 3.53. The van der Waals surface area contributed by atoms with E-state index in [-0.39, 0.29) is 24.8 Å². The van der Waals surface area contributed by atoms with Gasteiger partial charge in [-0.3, -0.25) is 4.98 Å². The number of hydrogen-bond donors (Lipinski definition) is 1. The summed E-state index contributed by atoms with van der Waals surface area (Å²) in [5.41, 5.74) is 6.57. The number of halogens is 2. The average Bonchev–Trinajstić information content (AvgIpc) is 2.88. The average molecular weight is 364 g/mol. The summed E-state index contributed by atoms with van der Waals surface area (Å²) in [6, 6.07) is 3.73. The number of allylic oxidation sites excluding steroid dienone is 1. The van der Waals surface area contributed by atoms with Crippen LogP contribution >= 0.6 is 36.6 Å². The fourth-order valence-electron chi connectivity index (χ4n) is 1.69. The standard InChI is InChI=1S/C13H17N5OS.2ClH/c1-3-6-18-12(8-14)16-17-13(18)20-9-10-7-11(19-2)4-5-15-10;;/h3-5,7H,1,6,8-9,14H2,2H3;2*1H. The van der Waals surface area contributed by atoms with Gasteiger partial charge in [-0.05, 0) is 6.07 Å². The summed E-state index contributed by atoms with van der Waals surface area (Å²) in [7, 11) is 1.64. The van der Waals surface area contributed by atoms with Crippen molar-refractivity contribution >= 4 is 36.6 Å². The van der Waals surface area contributed by atoms with E-state index in [1.165, 1.54) is 0 Å². The molecule has 0 aliphatic rings. The van der Waals surface area contributed by atoms with Crippen molar-refractivity contribution in [2.24, 2.45) is 5.73 Å². The topological polar surface area (TPSA) is 78.9 Å². The quantitative estimate of drug-likeness (QED) is 0.601. The molecule has 0 bridgehead atoms. The van der Waals surface area contributed by atoms with Crippen LogP contribution in [0.5, 0.6) is 5.75 Å². The highest BCUT2D eigenvalue weighted by Gasteiger charge is 2.10. The molecule has 6 nitrogen and oxygen atoms in total. The van der Waals surface area contributed by atoms with Gasteiger partial charge >= 0.3 is 0 Å². The zero-order valence-electron chi connectivity index (χ0n) is 12.1. The number of ether oxygens (including phenoxy) is 1. The smallest absolute Gasteiger partial charge is 0.191 e. The molecule has 0 unspecified atom stereocenters. The van der Waals surface area contributed by atoms with Crippen LogP contribution < -0.4 is 10.5 Å². The van der Waals surface area contributed by atoms with Crippen LogP contribution in [-0.4, -0.2) is 26.9 Å². The molecule has 0 spiro atoms. The van der Waals surface area contributed by atoms with E-state index in [9.17, 15) is 0 Å². The van der Waals surface area contributed by atoms with E-state index in [0.29, 0.717) is 18.8 Å². The molecule has 0 saturated carbocycles. The highest BCUT2D eigenvalue weighted by molar-refractivity contribution is 7.98. The van der Waals surface area contributed by atoms with Crippen molar-refractivity contribution in [3.8, 4) is 5.75 Å². The number of thioether (sulfide) groups is 1. The predicted molar refractivity (Wildman–Crippen MR) is 93.0 cm³/mol. The molecular formula is C13H19Cl2N5OS. The van der Waals surface area contributed by atoms with Gasteiger partial charge in [0.2, 0.25) is 0 Å². The number of pyridine rings is 1. The van der Waals surface area contributed by atoms with E-state index in [0.717, 1.165) is 22.4 Å². The third-order valence-corrected chi connectivity index (χ3v) is 3.66. The monoisotopic (exact) mass is 363 g/mol. The van der Waals surface area contributed by atoms with E-state index < -0.39 is 0 Å². The first-order valence-corrected chi connectivity index (χ1v) is 7.11. The van der Waals surface area contributed by atoms with Crippen molar-refractivity contribution in [1.82, 2.24) is 19.7 Å². The number of hydrogen-bond acceptors (Lipinski definition) is 6. The van der Waals surface area contributed by atoms with Crippen LogP contribution in [0.1, 0.15) is 11.5 Å². The van der Waals surface area contributed by atoms with Crippen molar-refractivity contribution in [2.45, 2.75) is 24.0 Å². The van der Waals surface area contributed by atoms with E-state index >= 15 is 0 Å². The van der Waals surface area contributed by atoms with Gasteiger partial charge in [0, 0.05) is 24.6 Å². The first-order chi connectivity index (χ1) is 9.78. The highest BCUT2D eigenvalue weighted by Crippen LogP contribution is 2.22. The van der Waals surface area contributed by atoms with Gasteiger partial charge in [0.1, 0.15) is 11.6 Å². The van der Waals surface area contributed by atoms with Crippen molar-refractivity contribution in [2.75, 3.05) is 7.11 Å². The molecule has 2 N–H and O–H groups in total. The Hall–Kier alpha value is -1.28. The van der Waals surface area contributed by atoms with Gasteiger partial charge in [0.05, 0.1) is 19.3 Å². The second kappa shape index (κ2) is 10.4. The lowest BCUT2D eigenvalue weighted by molar-refractivity contribution is 0.413. The van der Waals surface area contributed by atoms with Gasteiger partial charge in [0.25, 0.3) is 0 Å². The molecule has 0 aliphatic heterocycles. The normalized spacial score (nSPS) is 9.55. The first-order valence-electron chi connectivity index (χ1n) is 6.13. The summed E-state index contributed by atoms with van der Waals surface area (Å²) in [5, 5.41) is 9.04. The molecule has 122 valence electrons.